The molecule has 1 N–H and O–H groups in total. The van der Waals surface area contributed by atoms with Gasteiger partial charge in [0.15, 0.2) is 0 Å². The molecule has 5 nitrogen and oxygen atoms in total. The summed E-state index contributed by atoms with van der Waals surface area (Å²) in [6.45, 7) is 2.73. The summed E-state index contributed by atoms with van der Waals surface area (Å²) in [6, 6.07) is 15.9. The van der Waals surface area contributed by atoms with E-state index in [-0.39, 0.29) is 17.6 Å². The third-order valence-corrected chi connectivity index (χ3v) is 4.24. The van der Waals surface area contributed by atoms with E-state index >= 15 is 0 Å². The molecule has 28 heavy (non-hydrogen) atoms. The summed E-state index contributed by atoms with van der Waals surface area (Å²) in [5.41, 5.74) is 1.05. The molecule has 146 valence electrons. The lowest BCUT2D eigenvalue weighted by molar-refractivity contribution is -0.121. The van der Waals surface area contributed by atoms with E-state index in [4.69, 9.17) is 9.15 Å². The lowest BCUT2D eigenvalue weighted by atomic mass is 10.2. The van der Waals surface area contributed by atoms with Crippen LogP contribution < -0.4 is 10.1 Å². The van der Waals surface area contributed by atoms with Gasteiger partial charge in [0, 0.05) is 19.4 Å². The molecule has 6 heteroatoms. The predicted molar refractivity (Wildman–Crippen MR) is 105 cm³/mol. The number of benzene rings is 2. The van der Waals surface area contributed by atoms with Crippen LogP contribution in [0.5, 0.6) is 5.75 Å². The normalized spacial score (nSPS) is 10.6. The SMILES string of the molecule is Cc1oc(-c2ccccc2F)nc1CCNC(=O)CCCOc1ccccc1. The predicted octanol–water partition coefficient (Wildman–Crippen LogP) is 4.31. The zero-order valence-corrected chi connectivity index (χ0v) is 15.8. The summed E-state index contributed by atoms with van der Waals surface area (Å²) >= 11 is 0. The van der Waals surface area contributed by atoms with Crippen LogP contribution in [0.1, 0.15) is 24.3 Å². The van der Waals surface area contributed by atoms with Gasteiger partial charge in [-0.05, 0) is 37.6 Å². The summed E-state index contributed by atoms with van der Waals surface area (Å²) in [5.74, 6) is 1.28. The second-order valence-corrected chi connectivity index (χ2v) is 6.37. The molecule has 3 aromatic rings. The van der Waals surface area contributed by atoms with E-state index in [0.29, 0.717) is 49.4 Å². The highest BCUT2D eigenvalue weighted by molar-refractivity contribution is 5.75. The summed E-state index contributed by atoms with van der Waals surface area (Å²) in [7, 11) is 0. The number of rotatable bonds is 9. The fourth-order valence-corrected chi connectivity index (χ4v) is 2.76. The first-order valence-corrected chi connectivity index (χ1v) is 9.29. The Morgan fingerprint density at radius 2 is 1.89 bits per heavy atom. The van der Waals surface area contributed by atoms with Crippen LogP contribution in [0, 0.1) is 12.7 Å². The number of carbonyl (C=O) groups excluding carboxylic acids is 1. The molecule has 2 aromatic carbocycles. The summed E-state index contributed by atoms with van der Waals surface area (Å²) < 4.78 is 25.0. The van der Waals surface area contributed by atoms with Crippen LogP contribution in [-0.4, -0.2) is 24.0 Å². The minimum absolute atomic E-state index is 0.0351. The Morgan fingerprint density at radius 3 is 2.68 bits per heavy atom. The number of amides is 1. The van der Waals surface area contributed by atoms with Gasteiger partial charge in [-0.15, -0.1) is 0 Å². The Morgan fingerprint density at radius 1 is 1.14 bits per heavy atom. The molecule has 1 heterocycles. The number of nitrogens with one attached hydrogen (secondary N) is 1. The van der Waals surface area contributed by atoms with Crippen molar-refractivity contribution in [1.29, 1.82) is 0 Å². The fraction of sp³-hybridized carbons (Fsp3) is 0.273. The van der Waals surface area contributed by atoms with Crippen LogP contribution in [0.15, 0.2) is 59.0 Å². The van der Waals surface area contributed by atoms with Crippen molar-refractivity contribution in [3.05, 3.63) is 71.9 Å². The van der Waals surface area contributed by atoms with Gasteiger partial charge in [-0.2, -0.15) is 0 Å². The van der Waals surface area contributed by atoms with Crippen LogP contribution in [-0.2, 0) is 11.2 Å². The number of hydrogen-bond donors (Lipinski definition) is 1. The molecule has 3 rings (SSSR count). The molecule has 0 fully saturated rings. The highest BCUT2D eigenvalue weighted by Crippen LogP contribution is 2.24. The van der Waals surface area contributed by atoms with Crippen LogP contribution in [0.3, 0.4) is 0 Å². The average Bonchev–Trinajstić information content (AvgIpc) is 3.07. The lowest BCUT2D eigenvalue weighted by Gasteiger charge is -2.06. The van der Waals surface area contributed by atoms with Crippen LogP contribution >= 0.6 is 0 Å². The number of hydrogen-bond acceptors (Lipinski definition) is 4. The highest BCUT2D eigenvalue weighted by atomic mass is 19.1. The summed E-state index contributed by atoms with van der Waals surface area (Å²) in [6.07, 6.45) is 1.56. The number of para-hydroxylation sites is 1. The highest BCUT2D eigenvalue weighted by Gasteiger charge is 2.14. The second-order valence-electron chi connectivity index (χ2n) is 6.37. The summed E-state index contributed by atoms with van der Waals surface area (Å²) in [5, 5.41) is 2.87. The van der Waals surface area contributed by atoms with E-state index in [0.717, 1.165) is 5.75 Å². The van der Waals surface area contributed by atoms with Gasteiger partial charge in [0.05, 0.1) is 17.9 Å². The molecule has 0 bridgehead atoms. The number of ether oxygens (including phenoxy) is 1. The van der Waals surface area contributed by atoms with Gasteiger partial charge in [-0.1, -0.05) is 30.3 Å². The first-order valence-electron chi connectivity index (χ1n) is 9.29. The fourth-order valence-electron chi connectivity index (χ4n) is 2.76. The third kappa shape index (κ3) is 5.42. The van der Waals surface area contributed by atoms with E-state index in [1.54, 1.807) is 25.1 Å². The zero-order chi connectivity index (χ0) is 19.8. The Kier molecular flexibility index (Phi) is 6.78. The van der Waals surface area contributed by atoms with E-state index in [1.165, 1.54) is 6.07 Å². The van der Waals surface area contributed by atoms with Crippen molar-refractivity contribution in [3.63, 3.8) is 0 Å². The molecular weight excluding hydrogens is 359 g/mol. The van der Waals surface area contributed by atoms with Crippen molar-refractivity contribution < 1.29 is 18.3 Å². The molecule has 1 amide bonds. The smallest absolute Gasteiger partial charge is 0.229 e. The van der Waals surface area contributed by atoms with Crippen molar-refractivity contribution >= 4 is 5.91 Å². The number of aryl methyl sites for hydroxylation is 1. The largest absolute Gasteiger partial charge is 0.494 e. The zero-order valence-electron chi connectivity index (χ0n) is 15.8. The van der Waals surface area contributed by atoms with Crippen molar-refractivity contribution in [3.8, 4) is 17.2 Å². The molecule has 0 saturated heterocycles. The topological polar surface area (TPSA) is 64.4 Å². The van der Waals surface area contributed by atoms with E-state index in [9.17, 15) is 9.18 Å². The molecule has 1 aromatic heterocycles. The van der Waals surface area contributed by atoms with Gasteiger partial charge < -0.3 is 14.5 Å². The van der Waals surface area contributed by atoms with E-state index < -0.39 is 0 Å². The minimum atomic E-state index is -0.374. The minimum Gasteiger partial charge on any atom is -0.494 e. The number of aromatic nitrogens is 1. The quantitative estimate of drug-likeness (QED) is 0.560. The van der Waals surface area contributed by atoms with Gasteiger partial charge >= 0.3 is 0 Å². The number of halogens is 1. The molecule has 0 aliphatic carbocycles. The van der Waals surface area contributed by atoms with Crippen LogP contribution in [0.2, 0.25) is 0 Å². The maximum absolute atomic E-state index is 13.9. The standard InChI is InChI=1S/C22H23FN2O3/c1-16-20(25-22(28-16)18-10-5-6-11-19(18)23)13-14-24-21(26)12-7-15-27-17-8-3-2-4-9-17/h2-6,8-11H,7,12-15H2,1H3,(H,24,26). The maximum atomic E-state index is 13.9. The Balaban J connectivity index is 1.40. The number of nitrogens with zero attached hydrogens (tertiary/aromatic N) is 1. The van der Waals surface area contributed by atoms with Crippen molar-refractivity contribution in [2.75, 3.05) is 13.2 Å². The Bertz CT molecular complexity index is 909. The first kappa shape index (κ1) is 19.6. The van der Waals surface area contributed by atoms with E-state index in [1.807, 2.05) is 30.3 Å². The van der Waals surface area contributed by atoms with Gasteiger partial charge in [-0.3, -0.25) is 4.79 Å². The van der Waals surface area contributed by atoms with Crippen LogP contribution in [0.25, 0.3) is 11.5 Å². The molecule has 0 aliphatic rings. The van der Waals surface area contributed by atoms with Gasteiger partial charge in [-0.25, -0.2) is 9.37 Å². The molecule has 0 atom stereocenters. The summed E-state index contributed by atoms with van der Waals surface area (Å²) in [4.78, 5) is 16.3. The van der Waals surface area contributed by atoms with Gasteiger partial charge in [0.2, 0.25) is 11.8 Å². The third-order valence-electron chi connectivity index (χ3n) is 4.24. The molecule has 0 radical (unpaired) electrons. The first-order chi connectivity index (χ1) is 13.6. The number of carbonyl (C=O) groups is 1. The Labute approximate surface area is 163 Å². The lowest BCUT2D eigenvalue weighted by Crippen LogP contribution is -2.26. The van der Waals surface area contributed by atoms with Crippen molar-refractivity contribution in [2.24, 2.45) is 0 Å². The van der Waals surface area contributed by atoms with Crippen molar-refractivity contribution in [2.45, 2.75) is 26.2 Å². The van der Waals surface area contributed by atoms with Crippen molar-refractivity contribution in [1.82, 2.24) is 10.3 Å². The maximum Gasteiger partial charge on any atom is 0.229 e. The van der Waals surface area contributed by atoms with E-state index in [2.05, 4.69) is 10.3 Å². The Hall–Kier alpha value is -3.15. The van der Waals surface area contributed by atoms with Gasteiger partial charge in [0.1, 0.15) is 17.3 Å². The molecule has 0 saturated carbocycles. The van der Waals surface area contributed by atoms with Gasteiger partial charge in [0.25, 0.3) is 0 Å². The average molecular weight is 382 g/mol. The molecular formula is C22H23FN2O3. The molecule has 0 spiro atoms. The van der Waals surface area contributed by atoms with Crippen LogP contribution in [0.4, 0.5) is 4.39 Å². The second kappa shape index (κ2) is 9.69. The monoisotopic (exact) mass is 382 g/mol. The molecule has 0 aliphatic heterocycles. The molecule has 0 unspecified atom stereocenters. The number of oxazole rings is 1.